The van der Waals surface area contributed by atoms with Gasteiger partial charge >= 0.3 is 5.97 Å². The molecule has 0 saturated carbocycles. The van der Waals surface area contributed by atoms with Crippen molar-refractivity contribution in [3.8, 4) is 5.75 Å². The zero-order valence-corrected chi connectivity index (χ0v) is 20.1. The van der Waals surface area contributed by atoms with E-state index < -0.39 is 12.0 Å². The molecule has 3 rings (SSSR count). The maximum atomic E-state index is 13.3. The van der Waals surface area contributed by atoms with E-state index in [9.17, 15) is 14.4 Å². The molecule has 182 valence electrons. The highest BCUT2D eigenvalue weighted by Gasteiger charge is 2.31. The van der Waals surface area contributed by atoms with Crippen molar-refractivity contribution in [3.05, 3.63) is 53.7 Å². The first-order valence-corrected chi connectivity index (χ1v) is 11.5. The molecule has 9 heteroatoms. The average molecular weight is 469 g/mol. The molecule has 9 nitrogen and oxygen atoms in total. The standard InChI is InChI=1S/C25H32N4O5/c1-5-34-25(32)18-10-11-21(26-16-18)28-12-14-29(15-13-28)24(31)22(17(2)3)27-23(30)19-8-6-7-9-20(19)33-4/h6-11,16-17,22H,5,12-15H2,1-4H3,(H,27,30). The Labute approximate surface area is 200 Å². The van der Waals surface area contributed by atoms with Crippen LogP contribution in [0.1, 0.15) is 41.5 Å². The van der Waals surface area contributed by atoms with Crippen LogP contribution in [0.4, 0.5) is 5.82 Å². The largest absolute Gasteiger partial charge is 0.496 e. The highest BCUT2D eigenvalue weighted by atomic mass is 16.5. The number of piperazine rings is 1. The van der Waals surface area contributed by atoms with E-state index >= 15 is 0 Å². The number of esters is 1. The van der Waals surface area contributed by atoms with Crippen LogP contribution in [0.25, 0.3) is 0 Å². The van der Waals surface area contributed by atoms with E-state index in [1.54, 1.807) is 48.2 Å². The number of rotatable bonds is 8. The highest BCUT2D eigenvalue weighted by Crippen LogP contribution is 2.19. The first-order chi connectivity index (χ1) is 16.3. The van der Waals surface area contributed by atoms with E-state index in [1.165, 1.54) is 13.3 Å². The van der Waals surface area contributed by atoms with Gasteiger partial charge in [0.25, 0.3) is 5.91 Å². The molecule has 1 saturated heterocycles. The zero-order valence-electron chi connectivity index (χ0n) is 20.1. The van der Waals surface area contributed by atoms with Crippen molar-refractivity contribution in [2.75, 3.05) is 44.8 Å². The molecule has 0 bridgehead atoms. The molecule has 1 aliphatic rings. The maximum absolute atomic E-state index is 13.3. The fourth-order valence-corrected chi connectivity index (χ4v) is 3.83. The molecule has 1 atom stereocenters. The summed E-state index contributed by atoms with van der Waals surface area (Å²) in [7, 11) is 1.51. The van der Waals surface area contributed by atoms with Crippen molar-refractivity contribution in [1.29, 1.82) is 0 Å². The zero-order chi connectivity index (χ0) is 24.7. The molecule has 34 heavy (non-hydrogen) atoms. The predicted molar refractivity (Wildman–Crippen MR) is 128 cm³/mol. The van der Waals surface area contributed by atoms with Crippen LogP contribution < -0.4 is 15.0 Å². The number of hydrogen-bond acceptors (Lipinski definition) is 7. The molecule has 1 unspecified atom stereocenters. The Hall–Kier alpha value is -3.62. The summed E-state index contributed by atoms with van der Waals surface area (Å²) in [6, 6.07) is 9.78. The Morgan fingerprint density at radius 1 is 1.06 bits per heavy atom. The third kappa shape index (κ3) is 5.84. The molecule has 1 fully saturated rings. The van der Waals surface area contributed by atoms with Gasteiger partial charge in [-0.3, -0.25) is 9.59 Å². The maximum Gasteiger partial charge on any atom is 0.339 e. The second kappa shape index (κ2) is 11.5. The summed E-state index contributed by atoms with van der Waals surface area (Å²) < 4.78 is 10.3. The van der Waals surface area contributed by atoms with Gasteiger partial charge in [-0.2, -0.15) is 0 Å². The number of carbonyl (C=O) groups is 3. The minimum atomic E-state index is -0.647. The molecule has 0 aliphatic carbocycles. The smallest absolute Gasteiger partial charge is 0.339 e. The average Bonchev–Trinajstić information content (AvgIpc) is 2.86. The van der Waals surface area contributed by atoms with Gasteiger partial charge < -0.3 is 24.6 Å². The Kier molecular flexibility index (Phi) is 8.45. The molecule has 2 aromatic rings. The Morgan fingerprint density at radius 2 is 1.76 bits per heavy atom. The van der Waals surface area contributed by atoms with Crippen molar-refractivity contribution < 1.29 is 23.9 Å². The molecular formula is C25H32N4O5. The predicted octanol–water partition coefficient (Wildman–Crippen LogP) is 2.37. The topological polar surface area (TPSA) is 101 Å². The molecular weight excluding hydrogens is 436 g/mol. The van der Waals surface area contributed by atoms with Crippen LogP contribution in [0.15, 0.2) is 42.6 Å². The number of carbonyl (C=O) groups excluding carboxylic acids is 3. The third-order valence-corrected chi connectivity index (χ3v) is 5.75. The van der Waals surface area contributed by atoms with Gasteiger partial charge in [0.15, 0.2) is 0 Å². The Balaban J connectivity index is 1.61. The minimum Gasteiger partial charge on any atom is -0.496 e. The van der Waals surface area contributed by atoms with Crippen molar-refractivity contribution in [1.82, 2.24) is 15.2 Å². The minimum absolute atomic E-state index is 0.0822. The molecule has 1 N–H and O–H groups in total. The summed E-state index contributed by atoms with van der Waals surface area (Å²) in [6.07, 6.45) is 1.51. The van der Waals surface area contributed by atoms with Gasteiger partial charge in [-0.1, -0.05) is 26.0 Å². The number of pyridine rings is 1. The second-order valence-corrected chi connectivity index (χ2v) is 8.33. The second-order valence-electron chi connectivity index (χ2n) is 8.33. The van der Waals surface area contributed by atoms with E-state index in [0.29, 0.717) is 49.7 Å². The highest BCUT2D eigenvalue weighted by molar-refractivity contribution is 5.99. The Morgan fingerprint density at radius 3 is 2.35 bits per heavy atom. The van der Waals surface area contributed by atoms with Gasteiger partial charge in [0.05, 0.1) is 24.8 Å². The van der Waals surface area contributed by atoms with Gasteiger partial charge in [-0.15, -0.1) is 0 Å². The lowest BCUT2D eigenvalue weighted by atomic mass is 10.0. The van der Waals surface area contributed by atoms with Crippen LogP contribution in [-0.4, -0.2) is 73.6 Å². The number of amides is 2. The van der Waals surface area contributed by atoms with Crippen LogP contribution >= 0.6 is 0 Å². The monoisotopic (exact) mass is 468 g/mol. The number of nitrogens with one attached hydrogen (secondary N) is 1. The molecule has 2 heterocycles. The number of hydrogen-bond donors (Lipinski definition) is 1. The number of benzene rings is 1. The summed E-state index contributed by atoms with van der Waals surface area (Å²) in [6.45, 7) is 8.11. The normalized spacial score (nSPS) is 14.5. The number of methoxy groups -OCH3 is 1. The molecule has 1 aliphatic heterocycles. The fraction of sp³-hybridized carbons (Fsp3) is 0.440. The number of ether oxygens (including phenoxy) is 2. The van der Waals surface area contributed by atoms with E-state index in [-0.39, 0.29) is 17.7 Å². The Bertz CT molecular complexity index is 1000. The van der Waals surface area contributed by atoms with Crippen LogP contribution in [0.2, 0.25) is 0 Å². The SMILES string of the molecule is CCOC(=O)c1ccc(N2CCN(C(=O)C(NC(=O)c3ccccc3OC)C(C)C)CC2)nc1. The summed E-state index contributed by atoms with van der Waals surface area (Å²) in [4.78, 5) is 46.2. The molecule has 0 radical (unpaired) electrons. The molecule has 0 spiro atoms. The first kappa shape index (κ1) is 25.0. The van der Waals surface area contributed by atoms with Crippen molar-refractivity contribution in [3.63, 3.8) is 0 Å². The summed E-state index contributed by atoms with van der Waals surface area (Å²) >= 11 is 0. The quantitative estimate of drug-likeness (QED) is 0.594. The number of anilines is 1. The van der Waals surface area contributed by atoms with E-state index in [2.05, 4.69) is 15.2 Å². The molecule has 1 aromatic heterocycles. The lowest BCUT2D eigenvalue weighted by Crippen LogP contribution is -2.56. The van der Waals surface area contributed by atoms with Gasteiger partial charge in [0.1, 0.15) is 17.6 Å². The van der Waals surface area contributed by atoms with Crippen molar-refractivity contribution in [2.24, 2.45) is 5.92 Å². The van der Waals surface area contributed by atoms with Gasteiger partial charge in [-0.05, 0) is 37.1 Å². The lowest BCUT2D eigenvalue weighted by molar-refractivity contribution is -0.134. The van der Waals surface area contributed by atoms with Gasteiger partial charge in [-0.25, -0.2) is 9.78 Å². The van der Waals surface area contributed by atoms with Crippen molar-refractivity contribution in [2.45, 2.75) is 26.8 Å². The number of para-hydroxylation sites is 1. The van der Waals surface area contributed by atoms with E-state index in [0.717, 1.165) is 5.82 Å². The number of aromatic nitrogens is 1. The van der Waals surface area contributed by atoms with Gasteiger partial charge in [0.2, 0.25) is 5.91 Å². The first-order valence-electron chi connectivity index (χ1n) is 11.5. The van der Waals surface area contributed by atoms with Crippen LogP contribution in [0.5, 0.6) is 5.75 Å². The van der Waals surface area contributed by atoms with Gasteiger partial charge in [0, 0.05) is 32.4 Å². The summed E-state index contributed by atoms with van der Waals surface area (Å²) in [5.74, 6) is 0.278. The van der Waals surface area contributed by atoms with Crippen molar-refractivity contribution >= 4 is 23.6 Å². The third-order valence-electron chi connectivity index (χ3n) is 5.75. The van der Waals surface area contributed by atoms with Crippen LogP contribution in [0, 0.1) is 5.92 Å². The van der Waals surface area contributed by atoms with E-state index in [1.807, 2.05) is 13.8 Å². The summed E-state index contributed by atoms with van der Waals surface area (Å²) in [5, 5.41) is 2.89. The number of nitrogens with zero attached hydrogens (tertiary/aromatic N) is 3. The molecule has 2 amide bonds. The fourth-order valence-electron chi connectivity index (χ4n) is 3.83. The van der Waals surface area contributed by atoms with Crippen LogP contribution in [-0.2, 0) is 9.53 Å². The lowest BCUT2D eigenvalue weighted by Gasteiger charge is -2.37. The van der Waals surface area contributed by atoms with Crippen LogP contribution in [0.3, 0.4) is 0 Å². The van der Waals surface area contributed by atoms with E-state index in [4.69, 9.17) is 9.47 Å². The summed E-state index contributed by atoms with van der Waals surface area (Å²) in [5.41, 5.74) is 0.801. The molecule has 1 aromatic carbocycles.